The first-order valence-corrected chi connectivity index (χ1v) is 4.78. The Kier molecular flexibility index (Phi) is 2.79. The van der Waals surface area contributed by atoms with Crippen molar-refractivity contribution >= 4 is 0 Å². The number of piperidine rings is 1. The lowest BCUT2D eigenvalue weighted by molar-refractivity contribution is -0.0165. The van der Waals surface area contributed by atoms with Crippen molar-refractivity contribution < 1.29 is 5.11 Å². The average molecular weight is 171 g/mol. The molecule has 0 radical (unpaired) electrons. The minimum atomic E-state index is -0.135. The molecule has 1 fully saturated rings. The van der Waals surface area contributed by atoms with E-state index in [0.717, 1.165) is 19.5 Å². The molecule has 2 heteroatoms. The van der Waals surface area contributed by atoms with Crippen molar-refractivity contribution in [2.45, 2.75) is 33.3 Å². The van der Waals surface area contributed by atoms with E-state index in [0.29, 0.717) is 5.92 Å². The van der Waals surface area contributed by atoms with Crippen LogP contribution in [0.5, 0.6) is 0 Å². The maximum atomic E-state index is 9.83. The molecule has 1 N–H and O–H groups in total. The first-order chi connectivity index (χ1) is 5.41. The zero-order valence-electron chi connectivity index (χ0n) is 8.67. The van der Waals surface area contributed by atoms with Crippen molar-refractivity contribution in [3.8, 4) is 0 Å². The summed E-state index contributed by atoms with van der Waals surface area (Å²) < 4.78 is 0. The van der Waals surface area contributed by atoms with Crippen molar-refractivity contribution in [2.75, 3.05) is 20.1 Å². The number of aliphatic hydroxyl groups excluding tert-OH is 1. The Hall–Kier alpha value is -0.0800. The van der Waals surface area contributed by atoms with E-state index in [-0.39, 0.29) is 11.5 Å². The second kappa shape index (κ2) is 3.35. The van der Waals surface area contributed by atoms with E-state index in [1.54, 1.807) is 0 Å². The highest BCUT2D eigenvalue weighted by Gasteiger charge is 2.34. The van der Waals surface area contributed by atoms with E-state index in [4.69, 9.17) is 0 Å². The van der Waals surface area contributed by atoms with Gasteiger partial charge in [-0.15, -0.1) is 0 Å². The van der Waals surface area contributed by atoms with E-state index >= 15 is 0 Å². The molecule has 0 amide bonds. The predicted molar refractivity (Wildman–Crippen MR) is 51.1 cm³/mol. The minimum absolute atomic E-state index is 0.135. The number of rotatable bonds is 0. The zero-order valence-corrected chi connectivity index (χ0v) is 8.67. The molecule has 72 valence electrons. The summed E-state index contributed by atoms with van der Waals surface area (Å²) in [6.45, 7) is 8.60. The molecule has 0 aliphatic carbocycles. The van der Waals surface area contributed by atoms with E-state index in [2.05, 4.69) is 32.7 Å². The van der Waals surface area contributed by atoms with Crippen LogP contribution in [0.4, 0.5) is 0 Å². The van der Waals surface area contributed by atoms with Gasteiger partial charge in [0.1, 0.15) is 0 Å². The Bertz CT molecular complexity index is 150. The number of β-amino-alcohol motifs (C(OH)–C–C–N with tert-alkyl or cyclic N) is 1. The number of nitrogens with zero attached hydrogens (tertiary/aromatic N) is 1. The fourth-order valence-electron chi connectivity index (χ4n) is 2.10. The third-order valence-corrected chi connectivity index (χ3v) is 2.90. The second-order valence-electron chi connectivity index (χ2n) is 5.09. The van der Waals surface area contributed by atoms with Gasteiger partial charge in [0.05, 0.1) is 6.10 Å². The SMILES string of the molecule is CN1CC[C@H](C(C)(C)C)[C@@H](O)C1. The number of hydrogen-bond donors (Lipinski definition) is 1. The van der Waals surface area contributed by atoms with Gasteiger partial charge >= 0.3 is 0 Å². The van der Waals surface area contributed by atoms with Gasteiger partial charge < -0.3 is 10.0 Å². The van der Waals surface area contributed by atoms with Crippen molar-refractivity contribution in [3.05, 3.63) is 0 Å². The van der Waals surface area contributed by atoms with Crippen LogP contribution in [0.15, 0.2) is 0 Å². The summed E-state index contributed by atoms with van der Waals surface area (Å²) in [5.74, 6) is 0.466. The van der Waals surface area contributed by atoms with Crippen LogP contribution in [0.1, 0.15) is 27.2 Å². The van der Waals surface area contributed by atoms with Crippen LogP contribution in [0.2, 0.25) is 0 Å². The molecule has 12 heavy (non-hydrogen) atoms. The van der Waals surface area contributed by atoms with Crippen LogP contribution in [0.3, 0.4) is 0 Å². The van der Waals surface area contributed by atoms with Crippen LogP contribution < -0.4 is 0 Å². The topological polar surface area (TPSA) is 23.5 Å². The molecular formula is C10H21NO. The first-order valence-electron chi connectivity index (χ1n) is 4.78. The van der Waals surface area contributed by atoms with Crippen LogP contribution in [-0.4, -0.2) is 36.2 Å². The maximum absolute atomic E-state index is 9.83. The highest BCUT2D eigenvalue weighted by atomic mass is 16.3. The zero-order chi connectivity index (χ0) is 9.35. The third-order valence-electron chi connectivity index (χ3n) is 2.90. The van der Waals surface area contributed by atoms with Gasteiger partial charge in [0, 0.05) is 6.54 Å². The lowest BCUT2D eigenvalue weighted by Gasteiger charge is -2.41. The molecule has 0 aromatic rings. The van der Waals surface area contributed by atoms with Crippen molar-refractivity contribution in [3.63, 3.8) is 0 Å². The fraction of sp³-hybridized carbons (Fsp3) is 1.00. The molecule has 0 saturated carbocycles. The lowest BCUT2D eigenvalue weighted by Crippen LogP contribution is -2.46. The van der Waals surface area contributed by atoms with Gasteiger partial charge in [0.15, 0.2) is 0 Å². The van der Waals surface area contributed by atoms with E-state index in [1.807, 2.05) is 0 Å². The lowest BCUT2D eigenvalue weighted by atomic mass is 9.74. The fourth-order valence-corrected chi connectivity index (χ4v) is 2.10. The number of likely N-dealkylation sites (tertiary alicyclic amines) is 1. The van der Waals surface area contributed by atoms with E-state index < -0.39 is 0 Å². The Morgan fingerprint density at radius 3 is 2.33 bits per heavy atom. The molecule has 0 unspecified atom stereocenters. The Balaban J connectivity index is 2.57. The van der Waals surface area contributed by atoms with E-state index in [1.165, 1.54) is 0 Å². The molecule has 0 aromatic heterocycles. The predicted octanol–water partition coefficient (Wildman–Crippen LogP) is 1.35. The van der Waals surface area contributed by atoms with Gasteiger partial charge in [-0.05, 0) is 31.3 Å². The standard InChI is InChI=1S/C10H21NO/c1-10(2,3)8-5-6-11(4)7-9(8)12/h8-9,12H,5-7H2,1-4H3/t8-,9-/m0/s1. The molecule has 2 atom stereocenters. The normalized spacial score (nSPS) is 33.8. The summed E-state index contributed by atoms with van der Waals surface area (Å²) in [6.07, 6.45) is 0.991. The van der Waals surface area contributed by atoms with Crippen molar-refractivity contribution in [1.29, 1.82) is 0 Å². The molecule has 1 rings (SSSR count). The van der Waals surface area contributed by atoms with Crippen molar-refractivity contribution in [2.24, 2.45) is 11.3 Å². The summed E-state index contributed by atoms with van der Waals surface area (Å²) in [7, 11) is 2.07. The molecule has 0 spiro atoms. The van der Waals surface area contributed by atoms with Gasteiger partial charge in [-0.2, -0.15) is 0 Å². The largest absolute Gasteiger partial charge is 0.391 e. The quantitative estimate of drug-likeness (QED) is 0.594. The Morgan fingerprint density at radius 2 is 1.92 bits per heavy atom. The minimum Gasteiger partial charge on any atom is -0.391 e. The molecular weight excluding hydrogens is 150 g/mol. The highest BCUT2D eigenvalue weighted by molar-refractivity contribution is 4.85. The van der Waals surface area contributed by atoms with Crippen LogP contribution in [-0.2, 0) is 0 Å². The first kappa shape index (κ1) is 10.0. The molecule has 1 aliphatic rings. The summed E-state index contributed by atoms with van der Waals surface area (Å²) in [5, 5.41) is 9.83. The summed E-state index contributed by atoms with van der Waals surface area (Å²) >= 11 is 0. The maximum Gasteiger partial charge on any atom is 0.0700 e. The van der Waals surface area contributed by atoms with Gasteiger partial charge in [-0.1, -0.05) is 20.8 Å². The molecule has 1 saturated heterocycles. The smallest absolute Gasteiger partial charge is 0.0700 e. The van der Waals surface area contributed by atoms with Crippen LogP contribution in [0.25, 0.3) is 0 Å². The van der Waals surface area contributed by atoms with Gasteiger partial charge in [-0.25, -0.2) is 0 Å². The third kappa shape index (κ3) is 2.20. The van der Waals surface area contributed by atoms with Gasteiger partial charge in [0.25, 0.3) is 0 Å². The van der Waals surface area contributed by atoms with Crippen LogP contribution in [0, 0.1) is 11.3 Å². The summed E-state index contributed by atoms with van der Waals surface area (Å²) in [4.78, 5) is 2.20. The summed E-state index contributed by atoms with van der Waals surface area (Å²) in [6, 6.07) is 0. The summed E-state index contributed by atoms with van der Waals surface area (Å²) in [5.41, 5.74) is 0.251. The van der Waals surface area contributed by atoms with Crippen molar-refractivity contribution in [1.82, 2.24) is 4.90 Å². The molecule has 1 aliphatic heterocycles. The number of aliphatic hydroxyl groups is 1. The molecule has 0 aromatic carbocycles. The number of hydrogen-bond acceptors (Lipinski definition) is 2. The monoisotopic (exact) mass is 171 g/mol. The van der Waals surface area contributed by atoms with Gasteiger partial charge in [0.2, 0.25) is 0 Å². The second-order valence-corrected chi connectivity index (χ2v) is 5.09. The van der Waals surface area contributed by atoms with E-state index in [9.17, 15) is 5.11 Å². The highest BCUT2D eigenvalue weighted by Crippen LogP contribution is 2.33. The Labute approximate surface area is 75.6 Å². The van der Waals surface area contributed by atoms with Crippen LogP contribution >= 0.6 is 0 Å². The molecule has 1 heterocycles. The molecule has 2 nitrogen and oxygen atoms in total. The number of likely N-dealkylation sites (N-methyl/N-ethyl adjacent to an activating group) is 1. The molecule has 0 bridgehead atoms. The average Bonchev–Trinajstić information content (AvgIpc) is 1.83. The van der Waals surface area contributed by atoms with Gasteiger partial charge in [-0.3, -0.25) is 0 Å². The Morgan fingerprint density at radius 1 is 1.33 bits per heavy atom.